The zero-order valence-electron chi connectivity index (χ0n) is 16.3. The van der Waals surface area contributed by atoms with Gasteiger partial charge in [-0.25, -0.2) is 4.98 Å². The third-order valence-corrected chi connectivity index (χ3v) is 4.65. The second-order valence-corrected chi connectivity index (χ2v) is 7.69. The monoisotopic (exact) mass is 481 g/mol. The number of thiazole rings is 1. The lowest BCUT2D eigenvalue weighted by molar-refractivity contribution is 0.390. The Morgan fingerprint density at radius 3 is 2.52 bits per heavy atom. The van der Waals surface area contributed by atoms with E-state index in [-0.39, 0.29) is 24.0 Å². The Bertz CT molecular complexity index is 462. The molecule has 0 aliphatic rings. The molecular formula is C18H36IN5S. The number of hydrogen-bond donors (Lipinski definition) is 2. The molecule has 0 aliphatic heterocycles. The molecule has 0 bridgehead atoms. The summed E-state index contributed by atoms with van der Waals surface area (Å²) in [7, 11) is 4.28. The SMILES string of the molecule is CCNC(=NCCCCCCCN(C)C)NCCc1ncc(C)s1.I. The smallest absolute Gasteiger partial charge is 0.191 e. The molecule has 25 heavy (non-hydrogen) atoms. The van der Waals surface area contributed by atoms with Crippen LogP contribution < -0.4 is 10.6 Å². The molecule has 1 aromatic heterocycles. The molecule has 5 nitrogen and oxygen atoms in total. The number of aromatic nitrogens is 1. The van der Waals surface area contributed by atoms with Crippen LogP contribution in [-0.2, 0) is 6.42 Å². The first-order valence-corrected chi connectivity index (χ1v) is 10.0. The predicted octanol–water partition coefficient (Wildman–Crippen LogP) is 3.68. The summed E-state index contributed by atoms with van der Waals surface area (Å²) < 4.78 is 0. The Morgan fingerprint density at radius 2 is 1.88 bits per heavy atom. The van der Waals surface area contributed by atoms with E-state index < -0.39 is 0 Å². The third kappa shape index (κ3) is 13.5. The van der Waals surface area contributed by atoms with Gasteiger partial charge in [0.05, 0.1) is 5.01 Å². The molecule has 0 spiro atoms. The number of unbranched alkanes of at least 4 members (excludes halogenated alkanes) is 4. The van der Waals surface area contributed by atoms with E-state index in [0.29, 0.717) is 0 Å². The fourth-order valence-electron chi connectivity index (χ4n) is 2.41. The molecule has 0 radical (unpaired) electrons. The van der Waals surface area contributed by atoms with Gasteiger partial charge in [0.25, 0.3) is 0 Å². The molecule has 0 aromatic carbocycles. The Balaban J connectivity index is 0.00000576. The Hall–Kier alpha value is -0.410. The first kappa shape index (κ1) is 24.6. The molecule has 0 aliphatic carbocycles. The lowest BCUT2D eigenvalue weighted by Gasteiger charge is -2.10. The quantitative estimate of drug-likeness (QED) is 0.207. The van der Waals surface area contributed by atoms with Gasteiger partial charge in [0.2, 0.25) is 0 Å². The van der Waals surface area contributed by atoms with Crippen molar-refractivity contribution in [1.29, 1.82) is 0 Å². The highest BCUT2D eigenvalue weighted by molar-refractivity contribution is 14.0. The Kier molecular flexibility index (Phi) is 15.6. The van der Waals surface area contributed by atoms with E-state index in [2.05, 4.69) is 53.5 Å². The van der Waals surface area contributed by atoms with Crippen molar-refractivity contribution in [3.05, 3.63) is 16.1 Å². The minimum Gasteiger partial charge on any atom is -0.357 e. The number of nitrogens with one attached hydrogen (secondary N) is 2. The molecule has 0 unspecified atom stereocenters. The molecule has 2 N–H and O–H groups in total. The van der Waals surface area contributed by atoms with Crippen molar-refractivity contribution in [2.24, 2.45) is 4.99 Å². The highest BCUT2D eigenvalue weighted by atomic mass is 127. The maximum Gasteiger partial charge on any atom is 0.191 e. The number of halogens is 1. The Labute approximate surface area is 175 Å². The molecule has 0 fully saturated rings. The normalized spacial score (nSPS) is 11.5. The summed E-state index contributed by atoms with van der Waals surface area (Å²) in [6.07, 6.45) is 9.28. The van der Waals surface area contributed by atoms with Gasteiger partial charge < -0.3 is 15.5 Å². The van der Waals surface area contributed by atoms with Gasteiger partial charge in [0.1, 0.15) is 0 Å². The average Bonchev–Trinajstić information content (AvgIpc) is 2.95. The molecule has 1 heterocycles. The van der Waals surface area contributed by atoms with Crippen LogP contribution >= 0.6 is 35.3 Å². The van der Waals surface area contributed by atoms with E-state index in [0.717, 1.165) is 32.0 Å². The van der Waals surface area contributed by atoms with Gasteiger partial charge in [-0.1, -0.05) is 19.3 Å². The van der Waals surface area contributed by atoms with Crippen LogP contribution in [0.2, 0.25) is 0 Å². The Morgan fingerprint density at radius 1 is 1.16 bits per heavy atom. The van der Waals surface area contributed by atoms with Crippen molar-refractivity contribution >= 4 is 41.3 Å². The summed E-state index contributed by atoms with van der Waals surface area (Å²) in [5.41, 5.74) is 0. The topological polar surface area (TPSA) is 52.6 Å². The minimum absolute atomic E-state index is 0. The van der Waals surface area contributed by atoms with Crippen molar-refractivity contribution in [2.45, 2.75) is 52.4 Å². The van der Waals surface area contributed by atoms with Gasteiger partial charge in [-0.2, -0.15) is 0 Å². The molecule has 7 heteroatoms. The lowest BCUT2D eigenvalue weighted by atomic mass is 10.1. The molecular weight excluding hydrogens is 445 g/mol. The summed E-state index contributed by atoms with van der Waals surface area (Å²) >= 11 is 1.77. The van der Waals surface area contributed by atoms with Crippen LogP contribution in [0.4, 0.5) is 0 Å². The zero-order chi connectivity index (χ0) is 17.6. The van der Waals surface area contributed by atoms with Crippen molar-refractivity contribution in [2.75, 3.05) is 40.3 Å². The molecule has 146 valence electrons. The van der Waals surface area contributed by atoms with E-state index in [4.69, 9.17) is 0 Å². The number of rotatable bonds is 12. The summed E-state index contributed by atoms with van der Waals surface area (Å²) in [6.45, 7) is 8.08. The fraction of sp³-hybridized carbons (Fsp3) is 0.778. The summed E-state index contributed by atoms with van der Waals surface area (Å²) in [6, 6.07) is 0. The predicted molar refractivity (Wildman–Crippen MR) is 122 cm³/mol. The number of nitrogens with zero attached hydrogens (tertiary/aromatic N) is 3. The summed E-state index contributed by atoms with van der Waals surface area (Å²) in [4.78, 5) is 12.6. The van der Waals surface area contributed by atoms with Crippen molar-refractivity contribution in [1.82, 2.24) is 20.5 Å². The fourth-order valence-corrected chi connectivity index (χ4v) is 3.19. The first-order valence-electron chi connectivity index (χ1n) is 9.20. The van der Waals surface area contributed by atoms with Crippen LogP contribution in [0.3, 0.4) is 0 Å². The second kappa shape index (κ2) is 15.8. The highest BCUT2D eigenvalue weighted by Gasteiger charge is 2.00. The van der Waals surface area contributed by atoms with Crippen LogP contribution in [0.15, 0.2) is 11.2 Å². The van der Waals surface area contributed by atoms with Gasteiger partial charge in [0.15, 0.2) is 5.96 Å². The summed E-state index contributed by atoms with van der Waals surface area (Å²) in [5, 5.41) is 7.90. The van der Waals surface area contributed by atoms with Crippen molar-refractivity contribution < 1.29 is 0 Å². The molecule has 1 aromatic rings. The lowest BCUT2D eigenvalue weighted by Crippen LogP contribution is -2.38. The third-order valence-electron chi connectivity index (χ3n) is 3.68. The molecule has 0 atom stereocenters. The van der Waals surface area contributed by atoms with Crippen LogP contribution in [0.1, 0.15) is 48.9 Å². The van der Waals surface area contributed by atoms with E-state index >= 15 is 0 Å². The van der Waals surface area contributed by atoms with Crippen molar-refractivity contribution in [3.8, 4) is 0 Å². The van der Waals surface area contributed by atoms with E-state index in [9.17, 15) is 0 Å². The molecule has 0 saturated heterocycles. The van der Waals surface area contributed by atoms with Gasteiger partial charge in [-0.15, -0.1) is 35.3 Å². The van der Waals surface area contributed by atoms with Gasteiger partial charge in [-0.05, 0) is 47.3 Å². The second-order valence-electron chi connectivity index (χ2n) is 6.37. The van der Waals surface area contributed by atoms with E-state index in [1.54, 1.807) is 11.3 Å². The first-order chi connectivity index (χ1) is 11.6. The molecule has 0 amide bonds. The number of aryl methyl sites for hydroxylation is 1. The summed E-state index contributed by atoms with van der Waals surface area (Å²) in [5.74, 6) is 0.929. The molecule has 1 rings (SSSR count). The van der Waals surface area contributed by atoms with Gasteiger partial charge in [-0.3, -0.25) is 4.99 Å². The van der Waals surface area contributed by atoms with Crippen LogP contribution in [-0.4, -0.2) is 56.1 Å². The highest BCUT2D eigenvalue weighted by Crippen LogP contribution is 2.10. The maximum atomic E-state index is 4.67. The largest absolute Gasteiger partial charge is 0.357 e. The van der Waals surface area contributed by atoms with Crippen LogP contribution in [0.25, 0.3) is 0 Å². The van der Waals surface area contributed by atoms with Gasteiger partial charge in [0, 0.05) is 37.1 Å². The van der Waals surface area contributed by atoms with Crippen molar-refractivity contribution in [3.63, 3.8) is 0 Å². The van der Waals surface area contributed by atoms with E-state index in [1.807, 2.05) is 6.20 Å². The van der Waals surface area contributed by atoms with E-state index in [1.165, 1.54) is 48.5 Å². The molecule has 0 saturated carbocycles. The standard InChI is InChI=1S/C18H35N5S.HI/c1-5-19-18(21-13-11-17-22-15-16(2)24-17)20-12-9-7-6-8-10-14-23(3)4;/h15H,5-14H2,1-4H3,(H2,19,20,21);1H. The maximum absolute atomic E-state index is 4.67. The van der Waals surface area contributed by atoms with Crippen LogP contribution in [0.5, 0.6) is 0 Å². The zero-order valence-corrected chi connectivity index (χ0v) is 19.5. The van der Waals surface area contributed by atoms with Gasteiger partial charge >= 0.3 is 0 Å². The number of hydrogen-bond acceptors (Lipinski definition) is 4. The average molecular weight is 481 g/mol. The minimum atomic E-state index is 0. The van der Waals surface area contributed by atoms with Crippen LogP contribution in [0, 0.1) is 6.92 Å². The number of guanidine groups is 1. The number of aliphatic imine (C=N–C) groups is 1.